The fourth-order valence-corrected chi connectivity index (χ4v) is 4.09. The van der Waals surface area contributed by atoms with Crippen LogP contribution in [0.4, 0.5) is 5.69 Å². The highest BCUT2D eigenvalue weighted by atomic mass is 32.1. The molecule has 0 saturated heterocycles. The number of anilines is 1. The minimum atomic E-state index is -0.117. The fourth-order valence-electron chi connectivity index (χ4n) is 3.08. The van der Waals surface area contributed by atoms with E-state index >= 15 is 0 Å². The highest BCUT2D eigenvalue weighted by Crippen LogP contribution is 2.34. The molecule has 28 heavy (non-hydrogen) atoms. The molecule has 0 bridgehead atoms. The van der Waals surface area contributed by atoms with Gasteiger partial charge >= 0.3 is 0 Å². The van der Waals surface area contributed by atoms with Crippen LogP contribution < -0.4 is 5.32 Å². The van der Waals surface area contributed by atoms with Crippen molar-refractivity contribution < 1.29 is 4.79 Å². The molecule has 1 heterocycles. The Labute approximate surface area is 169 Å². The molecule has 4 heteroatoms. The fraction of sp³-hybridized carbons (Fsp3) is 0.167. The molecule has 1 aromatic heterocycles. The summed E-state index contributed by atoms with van der Waals surface area (Å²) in [6.45, 7) is 6.49. The summed E-state index contributed by atoms with van der Waals surface area (Å²) in [7, 11) is 0. The van der Waals surface area contributed by atoms with Gasteiger partial charge in [0.1, 0.15) is 5.01 Å². The topological polar surface area (TPSA) is 42.0 Å². The molecule has 0 spiro atoms. The summed E-state index contributed by atoms with van der Waals surface area (Å²) >= 11 is 1.63. The van der Waals surface area contributed by atoms with Crippen molar-refractivity contribution in [3.8, 4) is 10.6 Å². The summed E-state index contributed by atoms with van der Waals surface area (Å²) in [4.78, 5) is 17.5. The van der Waals surface area contributed by atoms with E-state index in [-0.39, 0.29) is 11.3 Å². The minimum absolute atomic E-state index is 0.0639. The molecule has 0 atom stereocenters. The molecule has 0 aliphatic rings. The monoisotopic (exact) mass is 386 g/mol. The third-order valence-electron chi connectivity index (χ3n) is 4.71. The number of fused-ring (bicyclic) bond motifs is 1. The Morgan fingerprint density at radius 1 is 0.893 bits per heavy atom. The number of rotatable bonds is 3. The van der Waals surface area contributed by atoms with Crippen LogP contribution >= 0.6 is 11.3 Å². The molecule has 0 saturated carbocycles. The highest BCUT2D eigenvalue weighted by molar-refractivity contribution is 7.21. The maximum atomic E-state index is 12.8. The number of aromatic nitrogens is 1. The summed E-state index contributed by atoms with van der Waals surface area (Å²) in [5, 5.41) is 3.96. The standard InChI is InChI=1S/C24H22N2OS/c1-24(2,3)17-14-12-16(13-15-17)22(27)25-19-9-5-4-8-18(19)23-26-20-10-6-7-11-21(20)28-23/h4-15H,1-3H3,(H,25,27). The third-order valence-corrected chi connectivity index (χ3v) is 5.78. The van der Waals surface area contributed by atoms with E-state index in [4.69, 9.17) is 4.98 Å². The van der Waals surface area contributed by atoms with Crippen LogP contribution in [0, 0.1) is 0 Å². The number of carbonyl (C=O) groups is 1. The van der Waals surface area contributed by atoms with Gasteiger partial charge in [0.05, 0.1) is 15.9 Å². The minimum Gasteiger partial charge on any atom is -0.321 e. The van der Waals surface area contributed by atoms with E-state index in [1.807, 2.05) is 66.7 Å². The van der Waals surface area contributed by atoms with Gasteiger partial charge in [0.25, 0.3) is 5.91 Å². The molecule has 4 aromatic rings. The normalized spacial score (nSPS) is 11.5. The van der Waals surface area contributed by atoms with Crippen molar-refractivity contribution in [1.29, 1.82) is 0 Å². The zero-order valence-electron chi connectivity index (χ0n) is 16.2. The molecule has 0 radical (unpaired) electrons. The molecule has 0 aliphatic carbocycles. The number of nitrogens with one attached hydrogen (secondary N) is 1. The predicted molar refractivity (Wildman–Crippen MR) is 118 cm³/mol. The van der Waals surface area contributed by atoms with Gasteiger partial charge in [-0.05, 0) is 47.4 Å². The first kappa shape index (κ1) is 18.4. The molecular weight excluding hydrogens is 364 g/mol. The average molecular weight is 387 g/mol. The maximum Gasteiger partial charge on any atom is 0.255 e. The molecule has 1 amide bonds. The van der Waals surface area contributed by atoms with Crippen molar-refractivity contribution in [2.24, 2.45) is 0 Å². The van der Waals surface area contributed by atoms with Gasteiger partial charge in [-0.3, -0.25) is 4.79 Å². The maximum absolute atomic E-state index is 12.8. The molecule has 0 aliphatic heterocycles. The molecule has 4 rings (SSSR count). The van der Waals surface area contributed by atoms with E-state index in [0.717, 1.165) is 26.5 Å². The molecule has 0 unspecified atom stereocenters. The number of nitrogens with zero attached hydrogens (tertiary/aromatic N) is 1. The number of hydrogen-bond donors (Lipinski definition) is 1. The van der Waals surface area contributed by atoms with Crippen LogP contribution in [0.1, 0.15) is 36.7 Å². The van der Waals surface area contributed by atoms with Crippen LogP contribution in [0.15, 0.2) is 72.8 Å². The quantitative estimate of drug-likeness (QED) is 0.436. The van der Waals surface area contributed by atoms with Gasteiger partial charge in [-0.25, -0.2) is 4.98 Å². The smallest absolute Gasteiger partial charge is 0.255 e. The Bertz CT molecular complexity index is 1100. The zero-order valence-corrected chi connectivity index (χ0v) is 17.0. The number of carbonyl (C=O) groups excluding carboxylic acids is 1. The van der Waals surface area contributed by atoms with Crippen molar-refractivity contribution in [1.82, 2.24) is 4.98 Å². The average Bonchev–Trinajstić information content (AvgIpc) is 3.12. The first-order valence-corrected chi connectivity index (χ1v) is 10.1. The van der Waals surface area contributed by atoms with Crippen LogP contribution in [0.25, 0.3) is 20.8 Å². The summed E-state index contributed by atoms with van der Waals surface area (Å²) in [6.07, 6.45) is 0. The number of amides is 1. The lowest BCUT2D eigenvalue weighted by Crippen LogP contribution is -2.14. The Kier molecular flexibility index (Phi) is 4.73. The number of hydrogen-bond acceptors (Lipinski definition) is 3. The highest BCUT2D eigenvalue weighted by Gasteiger charge is 2.16. The van der Waals surface area contributed by atoms with E-state index in [0.29, 0.717) is 5.56 Å². The van der Waals surface area contributed by atoms with Crippen molar-refractivity contribution in [2.45, 2.75) is 26.2 Å². The predicted octanol–water partition coefficient (Wildman–Crippen LogP) is 6.51. The number of para-hydroxylation sites is 2. The first-order valence-electron chi connectivity index (χ1n) is 9.29. The van der Waals surface area contributed by atoms with Gasteiger partial charge in [0, 0.05) is 11.1 Å². The Balaban J connectivity index is 1.63. The molecule has 0 fully saturated rings. The van der Waals surface area contributed by atoms with Crippen LogP contribution in [0.5, 0.6) is 0 Å². The van der Waals surface area contributed by atoms with Crippen LogP contribution in [0.3, 0.4) is 0 Å². The van der Waals surface area contributed by atoms with Crippen molar-refractivity contribution >= 4 is 33.1 Å². The molecule has 1 N–H and O–H groups in total. The summed E-state index contributed by atoms with van der Waals surface area (Å²) < 4.78 is 1.14. The summed E-state index contributed by atoms with van der Waals surface area (Å²) in [6, 6.07) is 23.7. The van der Waals surface area contributed by atoms with E-state index in [1.54, 1.807) is 11.3 Å². The first-order chi connectivity index (χ1) is 13.4. The summed E-state index contributed by atoms with van der Waals surface area (Å²) in [5.41, 5.74) is 4.59. The van der Waals surface area contributed by atoms with E-state index in [1.165, 1.54) is 5.56 Å². The zero-order chi connectivity index (χ0) is 19.7. The van der Waals surface area contributed by atoms with E-state index in [9.17, 15) is 4.79 Å². The van der Waals surface area contributed by atoms with Gasteiger partial charge in [-0.15, -0.1) is 11.3 Å². The molecule has 3 aromatic carbocycles. The van der Waals surface area contributed by atoms with E-state index in [2.05, 4.69) is 32.2 Å². The Morgan fingerprint density at radius 3 is 2.29 bits per heavy atom. The number of thiazole rings is 1. The molecule has 140 valence electrons. The number of benzene rings is 3. The summed E-state index contributed by atoms with van der Waals surface area (Å²) in [5.74, 6) is -0.117. The van der Waals surface area contributed by atoms with Crippen molar-refractivity contribution in [3.63, 3.8) is 0 Å². The Hall–Kier alpha value is -2.98. The second-order valence-corrected chi connectivity index (χ2v) is 8.84. The second-order valence-electron chi connectivity index (χ2n) is 7.81. The van der Waals surface area contributed by atoms with Gasteiger partial charge in [-0.1, -0.05) is 57.2 Å². The van der Waals surface area contributed by atoms with Gasteiger partial charge in [0.2, 0.25) is 0 Å². The molecule has 3 nitrogen and oxygen atoms in total. The van der Waals surface area contributed by atoms with Gasteiger partial charge < -0.3 is 5.32 Å². The van der Waals surface area contributed by atoms with Crippen LogP contribution in [0.2, 0.25) is 0 Å². The van der Waals surface area contributed by atoms with Crippen LogP contribution in [-0.2, 0) is 5.41 Å². The largest absolute Gasteiger partial charge is 0.321 e. The second kappa shape index (κ2) is 7.21. The lowest BCUT2D eigenvalue weighted by atomic mass is 9.87. The van der Waals surface area contributed by atoms with Crippen molar-refractivity contribution in [2.75, 3.05) is 5.32 Å². The van der Waals surface area contributed by atoms with E-state index < -0.39 is 0 Å². The van der Waals surface area contributed by atoms with Crippen LogP contribution in [-0.4, -0.2) is 10.9 Å². The van der Waals surface area contributed by atoms with Gasteiger partial charge in [-0.2, -0.15) is 0 Å². The third kappa shape index (κ3) is 3.69. The Morgan fingerprint density at radius 2 is 1.57 bits per heavy atom. The van der Waals surface area contributed by atoms with Gasteiger partial charge in [0.15, 0.2) is 0 Å². The SMILES string of the molecule is CC(C)(C)c1ccc(C(=O)Nc2ccccc2-c2nc3ccccc3s2)cc1. The lowest BCUT2D eigenvalue weighted by molar-refractivity contribution is 0.102. The van der Waals surface area contributed by atoms with Crippen molar-refractivity contribution in [3.05, 3.63) is 83.9 Å². The molecular formula is C24H22N2OS. The lowest BCUT2D eigenvalue weighted by Gasteiger charge is -2.19.